The summed E-state index contributed by atoms with van der Waals surface area (Å²) in [6, 6.07) is 2.29. The van der Waals surface area contributed by atoms with Crippen LogP contribution in [0.1, 0.15) is 40.4 Å². The number of nitrogens with one attached hydrogen (secondary N) is 1. The maximum absolute atomic E-state index is 12.5. The molecule has 2 aliphatic rings. The first-order valence-electron chi connectivity index (χ1n) is 8.34. The van der Waals surface area contributed by atoms with E-state index in [9.17, 15) is 4.79 Å². The third-order valence-electron chi connectivity index (χ3n) is 4.57. The summed E-state index contributed by atoms with van der Waals surface area (Å²) in [6.45, 7) is 8.81. The molecule has 0 bridgehead atoms. The van der Waals surface area contributed by atoms with Crippen molar-refractivity contribution >= 4 is 17.2 Å². The molecule has 1 aromatic rings. The number of carbonyl (C=O) groups is 1. The van der Waals surface area contributed by atoms with E-state index in [1.165, 1.54) is 16.9 Å². The number of nitrogens with zero attached hydrogens (tertiary/aromatic N) is 1. The fourth-order valence-corrected chi connectivity index (χ4v) is 4.44. The third kappa shape index (κ3) is 3.89. The standard InChI is InChI=1S/C17H26N2O2S/c1-12-3-4-15-14(9-12)10-16(22-15)17(20)18-13(2)11-19-5-7-21-8-6-19/h10,12-13H,3-9,11H2,1-2H3,(H,18,20)/t12-,13+/m1/s1. The third-order valence-corrected chi connectivity index (χ3v) is 5.80. The minimum Gasteiger partial charge on any atom is -0.379 e. The zero-order valence-corrected chi connectivity index (χ0v) is 14.4. The second-order valence-electron chi connectivity index (χ2n) is 6.69. The van der Waals surface area contributed by atoms with Gasteiger partial charge in [-0.3, -0.25) is 9.69 Å². The molecule has 0 spiro atoms. The summed E-state index contributed by atoms with van der Waals surface area (Å²) >= 11 is 1.69. The molecule has 1 saturated heterocycles. The monoisotopic (exact) mass is 322 g/mol. The highest BCUT2D eigenvalue weighted by Crippen LogP contribution is 2.32. The Balaban J connectivity index is 1.55. The van der Waals surface area contributed by atoms with E-state index in [2.05, 4.69) is 30.1 Å². The van der Waals surface area contributed by atoms with Gasteiger partial charge >= 0.3 is 0 Å². The van der Waals surface area contributed by atoms with E-state index in [1.54, 1.807) is 11.3 Å². The van der Waals surface area contributed by atoms with Gasteiger partial charge in [0.1, 0.15) is 0 Å². The Morgan fingerprint density at radius 2 is 2.27 bits per heavy atom. The predicted molar refractivity (Wildman–Crippen MR) is 89.7 cm³/mol. The molecular weight excluding hydrogens is 296 g/mol. The van der Waals surface area contributed by atoms with Gasteiger partial charge in [-0.2, -0.15) is 0 Å². The van der Waals surface area contributed by atoms with E-state index in [-0.39, 0.29) is 11.9 Å². The second kappa shape index (κ2) is 7.11. The SMILES string of the molecule is C[C@@H]1CCc2sc(C(=O)N[C@@H](C)CN3CCOCC3)cc2C1. The largest absolute Gasteiger partial charge is 0.379 e. The molecule has 0 saturated carbocycles. The molecule has 1 aromatic heterocycles. The summed E-state index contributed by atoms with van der Waals surface area (Å²) in [5, 5.41) is 3.15. The van der Waals surface area contributed by atoms with Crippen LogP contribution in [-0.4, -0.2) is 49.7 Å². The summed E-state index contributed by atoms with van der Waals surface area (Å²) in [6.07, 6.45) is 3.52. The number of hydrogen-bond acceptors (Lipinski definition) is 4. The number of amides is 1. The Bertz CT molecular complexity index is 523. The number of thiophene rings is 1. The molecule has 22 heavy (non-hydrogen) atoms. The van der Waals surface area contributed by atoms with Crippen molar-refractivity contribution in [1.29, 1.82) is 0 Å². The minimum atomic E-state index is 0.0906. The van der Waals surface area contributed by atoms with E-state index in [1.807, 2.05) is 0 Å². The average molecular weight is 322 g/mol. The quantitative estimate of drug-likeness (QED) is 0.925. The van der Waals surface area contributed by atoms with Crippen LogP contribution in [0.15, 0.2) is 6.07 Å². The lowest BCUT2D eigenvalue weighted by Crippen LogP contribution is -2.45. The molecule has 4 nitrogen and oxygen atoms in total. The molecule has 2 atom stereocenters. The summed E-state index contributed by atoms with van der Waals surface area (Å²) < 4.78 is 5.36. The molecule has 1 N–H and O–H groups in total. The van der Waals surface area contributed by atoms with Gasteiger partial charge in [-0.25, -0.2) is 0 Å². The van der Waals surface area contributed by atoms with Crippen LogP contribution in [0.5, 0.6) is 0 Å². The fraction of sp³-hybridized carbons (Fsp3) is 0.706. The lowest BCUT2D eigenvalue weighted by molar-refractivity contribution is 0.0342. The van der Waals surface area contributed by atoms with Crippen LogP contribution in [0, 0.1) is 5.92 Å². The second-order valence-corrected chi connectivity index (χ2v) is 7.83. The van der Waals surface area contributed by atoms with Crippen LogP contribution in [0.25, 0.3) is 0 Å². The number of morpholine rings is 1. The molecule has 1 aliphatic heterocycles. The van der Waals surface area contributed by atoms with Crippen LogP contribution >= 0.6 is 11.3 Å². The number of fused-ring (bicyclic) bond motifs is 1. The lowest BCUT2D eigenvalue weighted by atomic mass is 9.90. The van der Waals surface area contributed by atoms with E-state index in [4.69, 9.17) is 4.74 Å². The van der Waals surface area contributed by atoms with E-state index in [0.717, 1.165) is 56.5 Å². The highest BCUT2D eigenvalue weighted by molar-refractivity contribution is 7.14. The molecule has 122 valence electrons. The van der Waals surface area contributed by atoms with Crippen LogP contribution in [0.3, 0.4) is 0 Å². The first-order valence-corrected chi connectivity index (χ1v) is 9.16. The van der Waals surface area contributed by atoms with Crippen molar-refractivity contribution in [3.8, 4) is 0 Å². The van der Waals surface area contributed by atoms with Gasteiger partial charge in [0.25, 0.3) is 5.91 Å². The normalized spacial score (nSPS) is 23.8. The maximum Gasteiger partial charge on any atom is 0.261 e. The molecule has 2 heterocycles. The Kier molecular flexibility index (Phi) is 5.16. The Morgan fingerprint density at radius 1 is 1.50 bits per heavy atom. The van der Waals surface area contributed by atoms with Gasteiger partial charge < -0.3 is 10.1 Å². The molecule has 0 aromatic carbocycles. The summed E-state index contributed by atoms with van der Waals surface area (Å²) in [7, 11) is 0. The van der Waals surface area contributed by atoms with Crippen LogP contribution in [0.2, 0.25) is 0 Å². The summed E-state index contributed by atoms with van der Waals surface area (Å²) in [5.74, 6) is 0.839. The lowest BCUT2D eigenvalue weighted by Gasteiger charge is -2.29. The number of aryl methyl sites for hydroxylation is 1. The smallest absolute Gasteiger partial charge is 0.261 e. The van der Waals surface area contributed by atoms with Gasteiger partial charge in [0.2, 0.25) is 0 Å². The van der Waals surface area contributed by atoms with E-state index < -0.39 is 0 Å². The molecule has 0 radical (unpaired) electrons. The van der Waals surface area contributed by atoms with Crippen LogP contribution < -0.4 is 5.32 Å². The van der Waals surface area contributed by atoms with Gasteiger partial charge in [-0.05, 0) is 43.7 Å². The Labute approximate surface area is 136 Å². The fourth-order valence-electron chi connectivity index (χ4n) is 3.33. The predicted octanol–water partition coefficient (Wildman–Crippen LogP) is 2.32. The Hall–Kier alpha value is -0.910. The van der Waals surface area contributed by atoms with Gasteiger partial charge in [-0.1, -0.05) is 6.92 Å². The molecular formula is C17H26N2O2S. The van der Waals surface area contributed by atoms with Crippen molar-refractivity contribution in [2.75, 3.05) is 32.8 Å². The van der Waals surface area contributed by atoms with Crippen molar-refractivity contribution in [3.05, 3.63) is 21.4 Å². The van der Waals surface area contributed by atoms with E-state index >= 15 is 0 Å². The van der Waals surface area contributed by atoms with Crippen molar-refractivity contribution in [2.45, 2.75) is 39.2 Å². The number of ether oxygens (including phenoxy) is 1. The van der Waals surface area contributed by atoms with Gasteiger partial charge in [0.15, 0.2) is 0 Å². The molecule has 1 fully saturated rings. The minimum absolute atomic E-state index is 0.0906. The summed E-state index contributed by atoms with van der Waals surface area (Å²) in [5.41, 5.74) is 1.40. The molecule has 0 unspecified atom stereocenters. The molecule has 1 aliphatic carbocycles. The molecule has 3 rings (SSSR count). The topological polar surface area (TPSA) is 41.6 Å². The molecule has 5 heteroatoms. The van der Waals surface area contributed by atoms with Crippen molar-refractivity contribution in [2.24, 2.45) is 5.92 Å². The van der Waals surface area contributed by atoms with Crippen LogP contribution in [-0.2, 0) is 17.6 Å². The van der Waals surface area contributed by atoms with Gasteiger partial charge in [-0.15, -0.1) is 11.3 Å². The molecule has 1 amide bonds. The summed E-state index contributed by atoms with van der Waals surface area (Å²) in [4.78, 5) is 17.1. The van der Waals surface area contributed by atoms with Gasteiger partial charge in [0, 0.05) is 30.6 Å². The van der Waals surface area contributed by atoms with Gasteiger partial charge in [0.05, 0.1) is 18.1 Å². The number of carbonyl (C=O) groups excluding carboxylic acids is 1. The zero-order chi connectivity index (χ0) is 15.5. The average Bonchev–Trinajstić information content (AvgIpc) is 2.91. The zero-order valence-electron chi connectivity index (χ0n) is 13.6. The number of hydrogen-bond donors (Lipinski definition) is 1. The highest BCUT2D eigenvalue weighted by Gasteiger charge is 2.22. The van der Waals surface area contributed by atoms with Crippen molar-refractivity contribution in [1.82, 2.24) is 10.2 Å². The van der Waals surface area contributed by atoms with Crippen LogP contribution in [0.4, 0.5) is 0 Å². The first kappa shape index (κ1) is 16.0. The maximum atomic E-state index is 12.5. The Morgan fingerprint density at radius 3 is 3.05 bits per heavy atom. The van der Waals surface area contributed by atoms with Crippen molar-refractivity contribution < 1.29 is 9.53 Å². The number of rotatable bonds is 4. The van der Waals surface area contributed by atoms with E-state index in [0.29, 0.717) is 0 Å². The highest BCUT2D eigenvalue weighted by atomic mass is 32.1. The van der Waals surface area contributed by atoms with Crippen molar-refractivity contribution in [3.63, 3.8) is 0 Å². The first-order chi connectivity index (χ1) is 10.6.